The summed E-state index contributed by atoms with van der Waals surface area (Å²) in [5.41, 5.74) is 0. The van der Waals surface area contributed by atoms with Gasteiger partial charge in [0.25, 0.3) is 0 Å². The van der Waals surface area contributed by atoms with Crippen LogP contribution >= 0.6 is 0 Å². The first-order valence-corrected chi connectivity index (χ1v) is 33.3. The molecule has 458 valence electrons. The van der Waals surface area contributed by atoms with Crippen LogP contribution in [0.2, 0.25) is 0 Å². The van der Waals surface area contributed by atoms with Gasteiger partial charge in [0.15, 0.2) is 6.10 Å². The highest BCUT2D eigenvalue weighted by Crippen LogP contribution is 2.16. The van der Waals surface area contributed by atoms with Crippen molar-refractivity contribution in [2.24, 2.45) is 0 Å². The number of hydrogen-bond donors (Lipinski definition) is 0. The van der Waals surface area contributed by atoms with Crippen LogP contribution in [0.4, 0.5) is 0 Å². The van der Waals surface area contributed by atoms with Crippen molar-refractivity contribution in [3.05, 3.63) is 146 Å². The third-order valence-electron chi connectivity index (χ3n) is 13.8. The Kier molecular flexibility index (Phi) is 63.9. The molecular formula is C75H122O6. The number of rotatable bonds is 59. The van der Waals surface area contributed by atoms with Crippen LogP contribution in [0.15, 0.2) is 146 Å². The smallest absolute Gasteiger partial charge is 0.306 e. The van der Waals surface area contributed by atoms with Crippen LogP contribution in [-0.2, 0) is 28.6 Å². The van der Waals surface area contributed by atoms with Gasteiger partial charge in [0.1, 0.15) is 13.2 Å². The van der Waals surface area contributed by atoms with Crippen molar-refractivity contribution in [2.75, 3.05) is 13.2 Å². The van der Waals surface area contributed by atoms with E-state index in [9.17, 15) is 14.4 Å². The zero-order valence-corrected chi connectivity index (χ0v) is 52.5. The second kappa shape index (κ2) is 67.8. The fourth-order valence-corrected chi connectivity index (χ4v) is 8.92. The maximum atomic E-state index is 12.8. The van der Waals surface area contributed by atoms with E-state index >= 15 is 0 Å². The maximum Gasteiger partial charge on any atom is 0.306 e. The van der Waals surface area contributed by atoms with Crippen LogP contribution in [0, 0.1) is 0 Å². The molecule has 6 nitrogen and oxygen atoms in total. The summed E-state index contributed by atoms with van der Waals surface area (Å²) < 4.78 is 16.8. The standard InChI is InChI=1S/C75H122O6/c1-4-7-10-13-15-17-19-21-23-25-27-29-31-33-35-36-37-38-40-41-43-45-47-49-51-53-55-57-59-62-65-68-74(77)80-71-72(70-79-73(76)67-64-61-12-9-6-3)81-75(78)69-66-63-60-58-56-54-52-50-48-46-44-42-39-34-32-30-28-26-24-22-20-18-16-14-11-8-5-2/h7-8,10-11,15-18,21-24,27-30,33-35,37-39,44,46,72H,4-6,9,12-14,19-20,25-26,31-32,36,40-43,45,47-71H2,1-3H3/b10-7-,11-8-,17-15-,18-16-,23-21-,24-22-,29-27-,30-28-,35-33-,38-37-,39-34-,46-44-. The highest BCUT2D eigenvalue weighted by molar-refractivity contribution is 5.71. The molecule has 0 radical (unpaired) electrons. The second-order valence-corrected chi connectivity index (χ2v) is 21.6. The van der Waals surface area contributed by atoms with Gasteiger partial charge in [0.2, 0.25) is 0 Å². The molecule has 1 atom stereocenters. The van der Waals surface area contributed by atoms with E-state index in [2.05, 4.69) is 167 Å². The van der Waals surface area contributed by atoms with Crippen molar-refractivity contribution in [3.8, 4) is 0 Å². The number of allylic oxidation sites excluding steroid dienone is 24. The molecule has 0 aliphatic rings. The fraction of sp³-hybridized carbons (Fsp3) is 0.640. The number of esters is 3. The second-order valence-electron chi connectivity index (χ2n) is 21.6. The zero-order chi connectivity index (χ0) is 58.5. The minimum atomic E-state index is -0.785. The SMILES string of the molecule is CC/C=C\C/C=C\C/C=C\C/C=C\C/C=C\C/C=C\CCCCCCCCCCCCCCC(=O)OCC(COC(=O)CCCCCCC)OC(=O)CCCCCCCCCC/C=C\C/C=C\C/C=C\C/C=C\C/C=C\C/C=C\CC. The predicted molar refractivity (Wildman–Crippen MR) is 352 cm³/mol. The van der Waals surface area contributed by atoms with Crippen LogP contribution in [0.5, 0.6) is 0 Å². The molecular weight excluding hydrogens is 997 g/mol. The summed E-state index contributed by atoms with van der Waals surface area (Å²) in [6.07, 6.45) is 97.6. The monoisotopic (exact) mass is 1120 g/mol. The van der Waals surface area contributed by atoms with Crippen molar-refractivity contribution in [1.29, 1.82) is 0 Å². The molecule has 0 rings (SSSR count). The first-order valence-electron chi connectivity index (χ1n) is 33.3. The van der Waals surface area contributed by atoms with Crippen molar-refractivity contribution < 1.29 is 28.6 Å². The van der Waals surface area contributed by atoms with E-state index < -0.39 is 6.10 Å². The molecule has 1 unspecified atom stereocenters. The first kappa shape index (κ1) is 76.3. The van der Waals surface area contributed by atoms with E-state index in [0.29, 0.717) is 19.3 Å². The first-order chi connectivity index (χ1) is 40.0. The van der Waals surface area contributed by atoms with E-state index in [1.807, 2.05) is 0 Å². The number of hydrogen-bond acceptors (Lipinski definition) is 6. The van der Waals surface area contributed by atoms with E-state index in [1.165, 1.54) is 103 Å². The lowest BCUT2D eigenvalue weighted by Gasteiger charge is -2.18. The van der Waals surface area contributed by atoms with Gasteiger partial charge in [-0.25, -0.2) is 0 Å². The van der Waals surface area contributed by atoms with Gasteiger partial charge >= 0.3 is 17.9 Å². The third-order valence-corrected chi connectivity index (χ3v) is 13.8. The Bertz CT molecular complexity index is 1760. The van der Waals surface area contributed by atoms with Crippen LogP contribution in [-0.4, -0.2) is 37.2 Å². The van der Waals surface area contributed by atoms with E-state index in [4.69, 9.17) is 14.2 Å². The fourth-order valence-electron chi connectivity index (χ4n) is 8.92. The molecule has 0 amide bonds. The molecule has 0 aromatic heterocycles. The topological polar surface area (TPSA) is 78.9 Å². The van der Waals surface area contributed by atoms with Gasteiger partial charge in [0, 0.05) is 19.3 Å². The van der Waals surface area contributed by atoms with Crippen LogP contribution in [0.3, 0.4) is 0 Å². The normalized spacial score (nSPS) is 13.1. The summed E-state index contributed by atoms with van der Waals surface area (Å²) in [6.45, 7) is 6.33. The van der Waals surface area contributed by atoms with Gasteiger partial charge in [-0.1, -0.05) is 295 Å². The average Bonchev–Trinajstić information content (AvgIpc) is 3.47. The average molecular weight is 1120 g/mol. The molecule has 0 aliphatic carbocycles. The molecule has 0 N–H and O–H groups in total. The number of ether oxygens (including phenoxy) is 3. The minimum absolute atomic E-state index is 0.0853. The molecule has 0 aromatic carbocycles. The number of carbonyl (C=O) groups excluding carboxylic acids is 3. The summed E-state index contributed by atoms with van der Waals surface area (Å²) in [6, 6.07) is 0. The summed E-state index contributed by atoms with van der Waals surface area (Å²) in [5.74, 6) is -0.908. The quantitative estimate of drug-likeness (QED) is 0.0261. The molecule has 6 heteroatoms. The number of unbranched alkanes of at least 4 members (excludes halogenated alkanes) is 24. The Morgan fingerprint density at radius 3 is 0.753 bits per heavy atom. The molecule has 81 heavy (non-hydrogen) atoms. The Morgan fingerprint density at radius 1 is 0.259 bits per heavy atom. The van der Waals surface area contributed by atoms with Gasteiger partial charge < -0.3 is 14.2 Å². The Labute approximate surface area is 499 Å². The van der Waals surface area contributed by atoms with Gasteiger partial charge in [-0.2, -0.15) is 0 Å². The summed E-state index contributed by atoms with van der Waals surface area (Å²) in [7, 11) is 0. The van der Waals surface area contributed by atoms with E-state index in [1.54, 1.807) is 0 Å². The maximum absolute atomic E-state index is 12.8. The van der Waals surface area contributed by atoms with Gasteiger partial charge in [0.05, 0.1) is 0 Å². The van der Waals surface area contributed by atoms with Crippen LogP contribution in [0.25, 0.3) is 0 Å². The van der Waals surface area contributed by atoms with Crippen molar-refractivity contribution in [3.63, 3.8) is 0 Å². The molecule has 0 aliphatic heterocycles. The summed E-state index contributed by atoms with van der Waals surface area (Å²) in [5, 5.41) is 0. The Morgan fingerprint density at radius 2 is 0.481 bits per heavy atom. The van der Waals surface area contributed by atoms with Gasteiger partial charge in [-0.15, -0.1) is 0 Å². The van der Waals surface area contributed by atoms with Crippen molar-refractivity contribution in [2.45, 2.75) is 297 Å². The van der Waals surface area contributed by atoms with E-state index in [0.717, 1.165) is 148 Å². The highest BCUT2D eigenvalue weighted by Gasteiger charge is 2.19. The third kappa shape index (κ3) is 66.0. The Balaban J connectivity index is 4.07. The molecule has 0 spiro atoms. The zero-order valence-electron chi connectivity index (χ0n) is 52.5. The molecule has 0 saturated heterocycles. The van der Waals surface area contributed by atoms with Crippen LogP contribution in [0.1, 0.15) is 290 Å². The predicted octanol–water partition coefficient (Wildman–Crippen LogP) is 23.1. The molecule has 0 bridgehead atoms. The molecule has 0 heterocycles. The highest BCUT2D eigenvalue weighted by atomic mass is 16.6. The summed E-state index contributed by atoms with van der Waals surface area (Å²) in [4.78, 5) is 38.0. The van der Waals surface area contributed by atoms with Gasteiger partial charge in [-0.05, 0) is 122 Å². The lowest BCUT2D eigenvalue weighted by atomic mass is 10.0. The van der Waals surface area contributed by atoms with Gasteiger partial charge in [-0.3, -0.25) is 14.4 Å². The largest absolute Gasteiger partial charge is 0.462 e. The Hall–Kier alpha value is -4.71. The van der Waals surface area contributed by atoms with Crippen LogP contribution < -0.4 is 0 Å². The lowest BCUT2D eigenvalue weighted by molar-refractivity contribution is -0.167. The van der Waals surface area contributed by atoms with Crippen molar-refractivity contribution >= 4 is 17.9 Å². The summed E-state index contributed by atoms with van der Waals surface area (Å²) >= 11 is 0. The minimum Gasteiger partial charge on any atom is -0.462 e. The van der Waals surface area contributed by atoms with E-state index in [-0.39, 0.29) is 31.1 Å². The lowest BCUT2D eigenvalue weighted by Crippen LogP contribution is -2.30. The molecule has 0 fully saturated rings. The molecule has 0 saturated carbocycles. The number of carbonyl (C=O) groups is 3. The van der Waals surface area contributed by atoms with Crippen molar-refractivity contribution in [1.82, 2.24) is 0 Å². The molecule has 0 aromatic rings.